The molecule has 0 aliphatic heterocycles. The first-order valence-corrected chi connectivity index (χ1v) is 5.83. The molecule has 0 aliphatic rings. The third-order valence-corrected chi connectivity index (χ3v) is 2.27. The van der Waals surface area contributed by atoms with Gasteiger partial charge in [-0.3, -0.25) is 0 Å². The second-order valence-electron chi connectivity index (χ2n) is 3.59. The fourth-order valence-corrected chi connectivity index (χ4v) is 1.44. The van der Waals surface area contributed by atoms with Gasteiger partial charge in [0.25, 0.3) is 0 Å². The van der Waals surface area contributed by atoms with Crippen LogP contribution >= 0.6 is 0 Å². The molecule has 2 nitrogen and oxygen atoms in total. The predicted octanol–water partition coefficient (Wildman–Crippen LogP) is 3.69. The Balaban J connectivity index is 2.29. The van der Waals surface area contributed by atoms with Crippen molar-refractivity contribution in [2.75, 3.05) is 18.5 Å². The number of benzene rings is 1. The zero-order valence-corrected chi connectivity index (χ0v) is 9.75. The Labute approximate surface area is 92.6 Å². The van der Waals surface area contributed by atoms with E-state index in [0.717, 1.165) is 18.9 Å². The van der Waals surface area contributed by atoms with Crippen molar-refractivity contribution in [3.05, 3.63) is 24.3 Å². The maximum atomic E-state index is 5.38. The number of hydrogen-bond acceptors (Lipinski definition) is 2. The van der Waals surface area contributed by atoms with Crippen LogP contribution < -0.4 is 10.1 Å². The van der Waals surface area contributed by atoms with Crippen LogP contribution in [0.5, 0.6) is 5.75 Å². The highest BCUT2D eigenvalue weighted by molar-refractivity contribution is 5.46. The van der Waals surface area contributed by atoms with Gasteiger partial charge in [-0.25, -0.2) is 0 Å². The van der Waals surface area contributed by atoms with Crippen LogP contribution in [0, 0.1) is 0 Å². The lowest BCUT2D eigenvalue weighted by Crippen LogP contribution is -2.01. The van der Waals surface area contributed by atoms with Crippen LogP contribution in [0.3, 0.4) is 0 Å². The fourth-order valence-electron chi connectivity index (χ4n) is 1.44. The van der Waals surface area contributed by atoms with E-state index in [1.807, 2.05) is 19.1 Å². The van der Waals surface area contributed by atoms with Gasteiger partial charge >= 0.3 is 0 Å². The van der Waals surface area contributed by atoms with Crippen molar-refractivity contribution in [1.82, 2.24) is 0 Å². The molecule has 0 fully saturated rings. The van der Waals surface area contributed by atoms with Crippen LogP contribution in [-0.2, 0) is 0 Å². The summed E-state index contributed by atoms with van der Waals surface area (Å²) in [6.07, 6.45) is 3.80. The van der Waals surface area contributed by atoms with Gasteiger partial charge in [0.2, 0.25) is 0 Å². The lowest BCUT2D eigenvalue weighted by molar-refractivity contribution is 0.340. The van der Waals surface area contributed by atoms with Crippen LogP contribution in [0.4, 0.5) is 5.69 Å². The maximum absolute atomic E-state index is 5.38. The van der Waals surface area contributed by atoms with Gasteiger partial charge in [-0.15, -0.1) is 0 Å². The minimum absolute atomic E-state index is 0.725. The number of rotatable bonds is 7. The molecule has 1 aromatic rings. The van der Waals surface area contributed by atoms with Gasteiger partial charge < -0.3 is 10.1 Å². The summed E-state index contributed by atoms with van der Waals surface area (Å²) >= 11 is 0. The fraction of sp³-hybridized carbons (Fsp3) is 0.538. The molecule has 1 aromatic carbocycles. The van der Waals surface area contributed by atoms with Gasteiger partial charge in [0.1, 0.15) is 5.75 Å². The van der Waals surface area contributed by atoms with Crippen LogP contribution in [-0.4, -0.2) is 13.2 Å². The molecule has 0 saturated heterocycles. The van der Waals surface area contributed by atoms with Gasteiger partial charge in [0.15, 0.2) is 0 Å². The van der Waals surface area contributed by atoms with E-state index in [4.69, 9.17) is 4.74 Å². The summed E-state index contributed by atoms with van der Waals surface area (Å²) in [5.41, 5.74) is 1.18. The molecule has 15 heavy (non-hydrogen) atoms. The van der Waals surface area contributed by atoms with Crippen molar-refractivity contribution in [3.8, 4) is 5.75 Å². The SMILES string of the molecule is CCCCCNc1ccc(OCC)cc1. The quantitative estimate of drug-likeness (QED) is 0.688. The first-order chi connectivity index (χ1) is 7.36. The molecule has 0 atom stereocenters. The van der Waals surface area contributed by atoms with Crippen molar-refractivity contribution in [3.63, 3.8) is 0 Å². The topological polar surface area (TPSA) is 21.3 Å². The zero-order chi connectivity index (χ0) is 10.9. The van der Waals surface area contributed by atoms with Crippen molar-refractivity contribution in [2.45, 2.75) is 33.1 Å². The van der Waals surface area contributed by atoms with Crippen molar-refractivity contribution < 1.29 is 4.74 Å². The molecule has 0 radical (unpaired) electrons. The van der Waals surface area contributed by atoms with E-state index < -0.39 is 0 Å². The molecule has 0 spiro atoms. The summed E-state index contributed by atoms with van der Waals surface area (Å²) in [4.78, 5) is 0. The summed E-state index contributed by atoms with van der Waals surface area (Å²) in [6.45, 7) is 6.00. The molecule has 0 bridgehead atoms. The number of ether oxygens (including phenoxy) is 1. The molecule has 84 valence electrons. The van der Waals surface area contributed by atoms with E-state index in [9.17, 15) is 0 Å². The third-order valence-electron chi connectivity index (χ3n) is 2.27. The summed E-state index contributed by atoms with van der Waals surface area (Å²) in [5, 5.41) is 3.39. The summed E-state index contributed by atoms with van der Waals surface area (Å²) < 4.78 is 5.38. The molecule has 0 aromatic heterocycles. The van der Waals surface area contributed by atoms with Crippen LogP contribution in [0.1, 0.15) is 33.1 Å². The number of unbranched alkanes of at least 4 members (excludes halogenated alkanes) is 2. The second-order valence-corrected chi connectivity index (χ2v) is 3.59. The van der Waals surface area contributed by atoms with E-state index in [1.165, 1.54) is 24.9 Å². The largest absolute Gasteiger partial charge is 0.494 e. The minimum atomic E-state index is 0.725. The molecular formula is C13H21NO. The molecular weight excluding hydrogens is 186 g/mol. The Morgan fingerprint density at radius 2 is 1.80 bits per heavy atom. The Morgan fingerprint density at radius 1 is 1.07 bits per heavy atom. The Hall–Kier alpha value is -1.18. The lowest BCUT2D eigenvalue weighted by atomic mass is 10.2. The average molecular weight is 207 g/mol. The van der Waals surface area contributed by atoms with Gasteiger partial charge in [0, 0.05) is 12.2 Å². The molecule has 0 aliphatic carbocycles. The number of anilines is 1. The van der Waals surface area contributed by atoms with Crippen LogP contribution in [0.2, 0.25) is 0 Å². The summed E-state index contributed by atoms with van der Waals surface area (Å²) in [7, 11) is 0. The molecule has 0 heterocycles. The summed E-state index contributed by atoms with van der Waals surface area (Å²) in [5.74, 6) is 0.941. The third kappa shape index (κ3) is 4.73. The van der Waals surface area contributed by atoms with Crippen LogP contribution in [0.15, 0.2) is 24.3 Å². The predicted molar refractivity (Wildman–Crippen MR) is 65.6 cm³/mol. The molecule has 0 unspecified atom stereocenters. The van der Waals surface area contributed by atoms with Crippen LogP contribution in [0.25, 0.3) is 0 Å². The Morgan fingerprint density at radius 3 is 2.40 bits per heavy atom. The Bertz CT molecular complexity index is 256. The molecule has 1 rings (SSSR count). The van der Waals surface area contributed by atoms with E-state index in [1.54, 1.807) is 0 Å². The highest BCUT2D eigenvalue weighted by atomic mass is 16.5. The standard InChI is InChI=1S/C13H21NO/c1-3-5-6-11-14-12-7-9-13(10-8-12)15-4-2/h7-10,14H,3-6,11H2,1-2H3. The molecule has 0 saturated carbocycles. The smallest absolute Gasteiger partial charge is 0.119 e. The zero-order valence-electron chi connectivity index (χ0n) is 9.75. The normalized spacial score (nSPS) is 10.0. The van der Waals surface area contributed by atoms with Crippen molar-refractivity contribution >= 4 is 5.69 Å². The van der Waals surface area contributed by atoms with Gasteiger partial charge in [0.05, 0.1) is 6.61 Å². The second kappa shape index (κ2) is 7.16. The van der Waals surface area contributed by atoms with Gasteiger partial charge in [-0.1, -0.05) is 19.8 Å². The highest BCUT2D eigenvalue weighted by Gasteiger charge is 1.93. The van der Waals surface area contributed by atoms with E-state index in [-0.39, 0.29) is 0 Å². The van der Waals surface area contributed by atoms with E-state index in [0.29, 0.717) is 0 Å². The number of nitrogens with one attached hydrogen (secondary N) is 1. The first kappa shape index (κ1) is 11.9. The van der Waals surface area contributed by atoms with Gasteiger partial charge in [-0.2, -0.15) is 0 Å². The minimum Gasteiger partial charge on any atom is -0.494 e. The maximum Gasteiger partial charge on any atom is 0.119 e. The van der Waals surface area contributed by atoms with E-state index >= 15 is 0 Å². The van der Waals surface area contributed by atoms with E-state index in [2.05, 4.69) is 24.4 Å². The lowest BCUT2D eigenvalue weighted by Gasteiger charge is -2.07. The highest BCUT2D eigenvalue weighted by Crippen LogP contribution is 2.15. The van der Waals surface area contributed by atoms with Gasteiger partial charge in [-0.05, 0) is 37.6 Å². The first-order valence-electron chi connectivity index (χ1n) is 5.83. The summed E-state index contributed by atoms with van der Waals surface area (Å²) in [6, 6.07) is 8.14. The number of hydrogen-bond donors (Lipinski definition) is 1. The molecule has 1 N–H and O–H groups in total. The molecule has 0 amide bonds. The average Bonchev–Trinajstić information content (AvgIpc) is 2.27. The molecule has 2 heteroatoms. The Kier molecular flexibility index (Phi) is 5.67. The van der Waals surface area contributed by atoms with Crippen molar-refractivity contribution in [1.29, 1.82) is 0 Å². The monoisotopic (exact) mass is 207 g/mol. The van der Waals surface area contributed by atoms with Crippen molar-refractivity contribution in [2.24, 2.45) is 0 Å².